The normalized spacial score (nSPS) is 27.8. The van der Waals surface area contributed by atoms with Crippen LogP contribution in [0.25, 0.3) is 0 Å². The van der Waals surface area contributed by atoms with Gasteiger partial charge in [0.1, 0.15) is 11.6 Å². The first-order chi connectivity index (χ1) is 8.69. The summed E-state index contributed by atoms with van der Waals surface area (Å²) in [5, 5.41) is 6.70. The van der Waals surface area contributed by atoms with Crippen molar-refractivity contribution in [3.8, 4) is 0 Å². The largest absolute Gasteiger partial charge is 0.369 e. The van der Waals surface area contributed by atoms with Gasteiger partial charge in [0.25, 0.3) is 0 Å². The van der Waals surface area contributed by atoms with Gasteiger partial charge in [-0.15, -0.1) is 0 Å². The van der Waals surface area contributed by atoms with E-state index in [9.17, 15) is 0 Å². The van der Waals surface area contributed by atoms with Crippen LogP contribution in [0.1, 0.15) is 40.0 Å². The van der Waals surface area contributed by atoms with Gasteiger partial charge >= 0.3 is 0 Å². The SMILES string of the molecule is CCNc1cncc(NC2CCC(C)C(C)C2)n1. The van der Waals surface area contributed by atoms with E-state index in [4.69, 9.17) is 0 Å². The summed E-state index contributed by atoms with van der Waals surface area (Å²) in [4.78, 5) is 8.73. The molecule has 0 bridgehead atoms. The highest BCUT2D eigenvalue weighted by molar-refractivity contribution is 5.42. The maximum Gasteiger partial charge on any atom is 0.147 e. The molecule has 0 aromatic carbocycles. The Hall–Kier alpha value is -1.32. The van der Waals surface area contributed by atoms with E-state index < -0.39 is 0 Å². The van der Waals surface area contributed by atoms with Crippen molar-refractivity contribution in [3.63, 3.8) is 0 Å². The lowest BCUT2D eigenvalue weighted by Gasteiger charge is -2.32. The summed E-state index contributed by atoms with van der Waals surface area (Å²) in [6.07, 6.45) is 7.34. The van der Waals surface area contributed by atoms with Gasteiger partial charge in [-0.2, -0.15) is 0 Å². The smallest absolute Gasteiger partial charge is 0.147 e. The van der Waals surface area contributed by atoms with Crippen LogP contribution in [0.3, 0.4) is 0 Å². The van der Waals surface area contributed by atoms with Gasteiger partial charge in [0.15, 0.2) is 0 Å². The van der Waals surface area contributed by atoms with E-state index >= 15 is 0 Å². The second kappa shape index (κ2) is 6.03. The fourth-order valence-electron chi connectivity index (χ4n) is 2.59. The average Bonchev–Trinajstić information content (AvgIpc) is 2.35. The summed E-state index contributed by atoms with van der Waals surface area (Å²) in [6.45, 7) is 7.63. The van der Waals surface area contributed by atoms with Crippen molar-refractivity contribution in [2.75, 3.05) is 17.2 Å². The summed E-state index contributed by atoms with van der Waals surface area (Å²) in [7, 11) is 0. The minimum absolute atomic E-state index is 0.544. The molecule has 100 valence electrons. The minimum atomic E-state index is 0.544. The van der Waals surface area contributed by atoms with Crippen molar-refractivity contribution >= 4 is 11.6 Å². The molecule has 1 fully saturated rings. The number of aromatic nitrogens is 2. The summed E-state index contributed by atoms with van der Waals surface area (Å²) in [6, 6.07) is 0.544. The molecule has 1 heterocycles. The highest BCUT2D eigenvalue weighted by Crippen LogP contribution is 2.30. The fraction of sp³-hybridized carbons (Fsp3) is 0.714. The zero-order chi connectivity index (χ0) is 13.0. The van der Waals surface area contributed by atoms with Crippen LogP contribution in [0.5, 0.6) is 0 Å². The van der Waals surface area contributed by atoms with Crippen LogP contribution in [0, 0.1) is 11.8 Å². The third-order valence-corrected chi connectivity index (χ3v) is 3.94. The van der Waals surface area contributed by atoms with Gasteiger partial charge in [-0.1, -0.05) is 13.8 Å². The van der Waals surface area contributed by atoms with E-state index in [1.165, 1.54) is 19.3 Å². The second-order valence-corrected chi connectivity index (χ2v) is 5.43. The van der Waals surface area contributed by atoms with Crippen molar-refractivity contribution in [3.05, 3.63) is 12.4 Å². The molecule has 0 amide bonds. The Morgan fingerprint density at radius 3 is 2.67 bits per heavy atom. The predicted molar refractivity (Wildman–Crippen MR) is 75.8 cm³/mol. The Morgan fingerprint density at radius 2 is 1.94 bits per heavy atom. The molecule has 1 aliphatic rings. The molecule has 0 aliphatic heterocycles. The molecular formula is C14H24N4. The highest BCUT2D eigenvalue weighted by atomic mass is 15.1. The first kappa shape index (κ1) is 13.1. The molecule has 0 radical (unpaired) electrons. The van der Waals surface area contributed by atoms with E-state index in [0.717, 1.165) is 30.0 Å². The van der Waals surface area contributed by atoms with Crippen LogP contribution in [0.15, 0.2) is 12.4 Å². The third kappa shape index (κ3) is 3.34. The van der Waals surface area contributed by atoms with E-state index in [1.54, 1.807) is 6.20 Å². The first-order valence-corrected chi connectivity index (χ1v) is 7.01. The van der Waals surface area contributed by atoms with Crippen molar-refractivity contribution < 1.29 is 0 Å². The Morgan fingerprint density at radius 1 is 1.17 bits per heavy atom. The lowest BCUT2D eigenvalue weighted by molar-refractivity contribution is 0.260. The van der Waals surface area contributed by atoms with Crippen molar-refractivity contribution in [1.29, 1.82) is 0 Å². The van der Waals surface area contributed by atoms with Gasteiger partial charge in [0.05, 0.1) is 12.4 Å². The fourth-order valence-corrected chi connectivity index (χ4v) is 2.59. The number of hydrogen-bond acceptors (Lipinski definition) is 4. The van der Waals surface area contributed by atoms with E-state index in [0.29, 0.717) is 6.04 Å². The van der Waals surface area contributed by atoms with E-state index in [1.807, 2.05) is 6.20 Å². The number of rotatable bonds is 4. The zero-order valence-electron chi connectivity index (χ0n) is 11.6. The van der Waals surface area contributed by atoms with Crippen LogP contribution < -0.4 is 10.6 Å². The highest BCUT2D eigenvalue weighted by Gasteiger charge is 2.24. The van der Waals surface area contributed by atoms with Gasteiger partial charge in [0, 0.05) is 12.6 Å². The van der Waals surface area contributed by atoms with Gasteiger partial charge in [-0.05, 0) is 38.0 Å². The lowest BCUT2D eigenvalue weighted by Crippen LogP contribution is -2.30. The maximum absolute atomic E-state index is 4.52. The molecule has 3 atom stereocenters. The third-order valence-electron chi connectivity index (χ3n) is 3.94. The minimum Gasteiger partial charge on any atom is -0.369 e. The first-order valence-electron chi connectivity index (χ1n) is 7.01. The molecule has 4 nitrogen and oxygen atoms in total. The molecule has 2 rings (SSSR count). The molecule has 3 unspecified atom stereocenters. The van der Waals surface area contributed by atoms with Gasteiger partial charge in [-0.3, -0.25) is 4.98 Å². The number of anilines is 2. The molecule has 1 aromatic rings. The van der Waals surface area contributed by atoms with Crippen LogP contribution in [-0.4, -0.2) is 22.6 Å². The molecule has 1 aromatic heterocycles. The molecular weight excluding hydrogens is 224 g/mol. The second-order valence-electron chi connectivity index (χ2n) is 5.43. The topological polar surface area (TPSA) is 49.8 Å². The Bertz CT molecular complexity index is 380. The lowest BCUT2D eigenvalue weighted by atomic mass is 9.79. The van der Waals surface area contributed by atoms with E-state index in [2.05, 4.69) is 41.4 Å². The van der Waals surface area contributed by atoms with E-state index in [-0.39, 0.29) is 0 Å². The molecule has 0 saturated heterocycles. The van der Waals surface area contributed by atoms with Gasteiger partial charge in [-0.25, -0.2) is 4.98 Å². The van der Waals surface area contributed by atoms with Crippen LogP contribution in [0.2, 0.25) is 0 Å². The van der Waals surface area contributed by atoms with Crippen molar-refractivity contribution in [1.82, 2.24) is 9.97 Å². The summed E-state index contributed by atoms with van der Waals surface area (Å²) < 4.78 is 0. The molecule has 4 heteroatoms. The molecule has 18 heavy (non-hydrogen) atoms. The summed E-state index contributed by atoms with van der Waals surface area (Å²) in [5.74, 6) is 3.38. The van der Waals surface area contributed by atoms with Gasteiger partial charge in [0.2, 0.25) is 0 Å². The Labute approximate surface area is 110 Å². The zero-order valence-corrected chi connectivity index (χ0v) is 11.6. The molecule has 1 aliphatic carbocycles. The molecule has 0 spiro atoms. The van der Waals surface area contributed by atoms with Crippen LogP contribution in [-0.2, 0) is 0 Å². The molecule has 1 saturated carbocycles. The average molecular weight is 248 g/mol. The predicted octanol–water partition coefficient (Wildman–Crippen LogP) is 3.15. The number of hydrogen-bond donors (Lipinski definition) is 2. The Balaban J connectivity index is 1.94. The van der Waals surface area contributed by atoms with Crippen LogP contribution >= 0.6 is 0 Å². The summed E-state index contributed by atoms with van der Waals surface area (Å²) in [5.41, 5.74) is 0. The van der Waals surface area contributed by atoms with Crippen molar-refractivity contribution in [2.45, 2.75) is 46.1 Å². The quantitative estimate of drug-likeness (QED) is 0.859. The monoisotopic (exact) mass is 248 g/mol. The maximum atomic E-state index is 4.52. The Kier molecular flexibility index (Phi) is 4.39. The molecule has 2 N–H and O–H groups in total. The van der Waals surface area contributed by atoms with Crippen LogP contribution in [0.4, 0.5) is 11.6 Å². The summed E-state index contributed by atoms with van der Waals surface area (Å²) >= 11 is 0. The standard InChI is InChI=1S/C14H24N4/c1-4-16-13-8-15-9-14(18-13)17-12-6-5-10(2)11(3)7-12/h8-12H,4-7H2,1-3H3,(H2,16,17,18). The van der Waals surface area contributed by atoms with Gasteiger partial charge < -0.3 is 10.6 Å². The number of nitrogens with zero attached hydrogens (tertiary/aromatic N) is 2. The number of nitrogens with one attached hydrogen (secondary N) is 2. The van der Waals surface area contributed by atoms with Crippen molar-refractivity contribution in [2.24, 2.45) is 11.8 Å².